The van der Waals surface area contributed by atoms with Crippen molar-refractivity contribution in [2.75, 3.05) is 13.1 Å². The third kappa shape index (κ3) is 5.02. The van der Waals surface area contributed by atoms with Gasteiger partial charge < -0.3 is 10.6 Å². The largest absolute Gasteiger partial charge is 0.351 e. The molecule has 1 heterocycles. The van der Waals surface area contributed by atoms with Gasteiger partial charge in [0.15, 0.2) is 0 Å². The topological polar surface area (TPSA) is 54.0 Å². The van der Waals surface area contributed by atoms with Crippen LogP contribution in [-0.2, 0) is 11.3 Å². The molecule has 0 radical (unpaired) electrons. The fourth-order valence-corrected chi connectivity index (χ4v) is 1.67. The van der Waals surface area contributed by atoms with Gasteiger partial charge in [0, 0.05) is 18.9 Å². The normalized spacial score (nSPS) is 13.8. The molecule has 0 atom stereocenters. The Morgan fingerprint density at radius 1 is 1.50 bits per heavy atom. The maximum absolute atomic E-state index is 11.5. The fourth-order valence-electron chi connectivity index (χ4n) is 1.67. The first-order valence-corrected chi connectivity index (χ1v) is 6.12. The van der Waals surface area contributed by atoms with Gasteiger partial charge in [-0.1, -0.05) is 0 Å². The third-order valence-corrected chi connectivity index (χ3v) is 3.03. The van der Waals surface area contributed by atoms with Gasteiger partial charge in [0.05, 0.1) is 6.54 Å². The lowest BCUT2D eigenvalue weighted by molar-refractivity contribution is -0.120. The smallest absolute Gasteiger partial charge is 0.234 e. The summed E-state index contributed by atoms with van der Waals surface area (Å²) in [5, 5.41) is 6.08. The summed E-state index contributed by atoms with van der Waals surface area (Å²) >= 11 is 0. The van der Waals surface area contributed by atoms with Crippen LogP contribution in [0.3, 0.4) is 0 Å². The summed E-state index contributed by atoms with van der Waals surface area (Å²) in [6.07, 6.45) is 6.18. The van der Waals surface area contributed by atoms with E-state index in [4.69, 9.17) is 0 Å². The number of halogens is 1. The predicted molar refractivity (Wildman–Crippen MR) is 73.7 cm³/mol. The molecule has 0 aliphatic heterocycles. The monoisotopic (exact) mass is 269 g/mol. The van der Waals surface area contributed by atoms with Gasteiger partial charge in [-0.3, -0.25) is 9.78 Å². The molecule has 1 aromatic heterocycles. The van der Waals surface area contributed by atoms with Crippen molar-refractivity contribution >= 4 is 18.3 Å². The Kier molecular flexibility index (Phi) is 6.09. The van der Waals surface area contributed by atoms with Gasteiger partial charge in [0.25, 0.3) is 0 Å². The Hall–Kier alpha value is -1.13. The summed E-state index contributed by atoms with van der Waals surface area (Å²) in [7, 11) is 0. The molecule has 18 heavy (non-hydrogen) atoms. The molecule has 1 aromatic rings. The molecular formula is C13H20ClN3O. The first kappa shape index (κ1) is 14.9. The molecule has 5 heteroatoms. The van der Waals surface area contributed by atoms with Crippen molar-refractivity contribution in [3.05, 3.63) is 29.6 Å². The molecule has 0 aromatic carbocycles. The van der Waals surface area contributed by atoms with Crippen molar-refractivity contribution in [3.63, 3.8) is 0 Å². The Labute approximate surface area is 114 Å². The van der Waals surface area contributed by atoms with Crippen molar-refractivity contribution in [1.29, 1.82) is 0 Å². The molecule has 2 N–H and O–H groups in total. The zero-order valence-corrected chi connectivity index (χ0v) is 11.4. The number of pyridine rings is 1. The Morgan fingerprint density at radius 3 is 2.94 bits per heavy atom. The van der Waals surface area contributed by atoms with Crippen LogP contribution < -0.4 is 10.6 Å². The van der Waals surface area contributed by atoms with E-state index >= 15 is 0 Å². The highest BCUT2D eigenvalue weighted by Gasteiger charge is 2.20. The number of rotatable bonds is 6. The van der Waals surface area contributed by atoms with Gasteiger partial charge in [-0.15, -0.1) is 12.4 Å². The van der Waals surface area contributed by atoms with Crippen LogP contribution in [0.25, 0.3) is 0 Å². The molecular weight excluding hydrogens is 250 g/mol. The summed E-state index contributed by atoms with van der Waals surface area (Å²) in [5.41, 5.74) is 2.23. The average molecular weight is 270 g/mol. The summed E-state index contributed by atoms with van der Waals surface area (Å²) in [6, 6.07) is 1.94. The second kappa shape index (κ2) is 7.34. The van der Waals surface area contributed by atoms with Crippen molar-refractivity contribution < 1.29 is 4.79 Å². The lowest BCUT2D eigenvalue weighted by atomic mass is 10.1. The predicted octanol–water partition coefficient (Wildman–Crippen LogP) is 1.43. The number of aromatic nitrogens is 1. The number of carbonyl (C=O) groups is 1. The van der Waals surface area contributed by atoms with Crippen molar-refractivity contribution in [2.24, 2.45) is 5.92 Å². The zero-order valence-electron chi connectivity index (χ0n) is 10.6. The van der Waals surface area contributed by atoms with Crippen molar-refractivity contribution in [3.8, 4) is 0 Å². The number of nitrogens with zero attached hydrogens (tertiary/aromatic N) is 1. The molecule has 1 amide bonds. The minimum absolute atomic E-state index is 0. The summed E-state index contributed by atoms with van der Waals surface area (Å²) in [4.78, 5) is 15.6. The van der Waals surface area contributed by atoms with Crippen LogP contribution in [0.15, 0.2) is 18.5 Å². The molecule has 0 unspecified atom stereocenters. The number of aryl methyl sites for hydroxylation is 1. The third-order valence-electron chi connectivity index (χ3n) is 3.03. The summed E-state index contributed by atoms with van der Waals surface area (Å²) in [5.74, 6) is 0.868. The van der Waals surface area contributed by atoms with Crippen molar-refractivity contribution in [1.82, 2.24) is 15.6 Å². The molecule has 1 aliphatic rings. The van der Waals surface area contributed by atoms with Crippen LogP contribution in [0.4, 0.5) is 0 Å². The minimum atomic E-state index is 0. The van der Waals surface area contributed by atoms with Crippen LogP contribution in [0.2, 0.25) is 0 Å². The maximum Gasteiger partial charge on any atom is 0.234 e. The molecule has 2 rings (SSSR count). The number of nitrogens with one attached hydrogen (secondary N) is 2. The minimum Gasteiger partial charge on any atom is -0.351 e. The van der Waals surface area contributed by atoms with Crippen LogP contribution in [-0.4, -0.2) is 24.0 Å². The van der Waals surface area contributed by atoms with E-state index in [1.807, 2.05) is 19.2 Å². The Balaban J connectivity index is 0.00000162. The SMILES string of the molecule is Cc1cnccc1CNC(=O)CNCC1CC1.Cl. The molecule has 1 fully saturated rings. The highest BCUT2D eigenvalue weighted by Crippen LogP contribution is 2.27. The van der Waals surface area contributed by atoms with Gasteiger partial charge in [0.2, 0.25) is 5.91 Å². The van der Waals surface area contributed by atoms with Crippen molar-refractivity contribution in [2.45, 2.75) is 26.3 Å². The lowest BCUT2D eigenvalue weighted by Crippen LogP contribution is -2.34. The summed E-state index contributed by atoms with van der Waals surface area (Å²) < 4.78 is 0. The first-order chi connectivity index (χ1) is 8.25. The number of hydrogen-bond acceptors (Lipinski definition) is 3. The Bertz CT molecular complexity index is 394. The van der Waals surface area contributed by atoms with Gasteiger partial charge in [-0.25, -0.2) is 0 Å². The lowest BCUT2D eigenvalue weighted by Gasteiger charge is -2.08. The number of carbonyl (C=O) groups excluding carboxylic acids is 1. The van der Waals surface area contributed by atoms with E-state index in [0.29, 0.717) is 13.1 Å². The van der Waals surface area contributed by atoms with Crippen LogP contribution in [0.5, 0.6) is 0 Å². The van der Waals surface area contributed by atoms with Crippen LogP contribution >= 0.6 is 12.4 Å². The number of hydrogen-bond donors (Lipinski definition) is 2. The molecule has 0 saturated heterocycles. The van der Waals surface area contributed by atoms with Crippen LogP contribution in [0.1, 0.15) is 24.0 Å². The number of amides is 1. The van der Waals surface area contributed by atoms with Gasteiger partial charge in [0.1, 0.15) is 0 Å². The maximum atomic E-state index is 11.5. The van der Waals surface area contributed by atoms with Gasteiger partial charge in [-0.05, 0) is 49.4 Å². The highest BCUT2D eigenvalue weighted by molar-refractivity contribution is 5.85. The summed E-state index contributed by atoms with van der Waals surface area (Å²) in [6.45, 7) is 3.97. The fraction of sp³-hybridized carbons (Fsp3) is 0.538. The molecule has 0 bridgehead atoms. The van der Waals surface area contributed by atoms with E-state index in [0.717, 1.165) is 23.6 Å². The molecule has 1 aliphatic carbocycles. The quantitative estimate of drug-likeness (QED) is 0.821. The van der Waals surface area contributed by atoms with Gasteiger partial charge >= 0.3 is 0 Å². The average Bonchev–Trinajstić information content (AvgIpc) is 3.12. The molecule has 4 nitrogen and oxygen atoms in total. The zero-order chi connectivity index (χ0) is 12.1. The van der Waals surface area contributed by atoms with E-state index in [9.17, 15) is 4.79 Å². The van der Waals surface area contributed by atoms with E-state index in [1.54, 1.807) is 6.20 Å². The second-order valence-electron chi connectivity index (χ2n) is 4.65. The molecule has 1 saturated carbocycles. The van der Waals surface area contributed by atoms with E-state index in [-0.39, 0.29) is 18.3 Å². The molecule has 100 valence electrons. The van der Waals surface area contributed by atoms with Crippen LogP contribution in [0, 0.1) is 12.8 Å². The standard InChI is InChI=1S/C13H19N3O.ClH/c1-10-6-14-5-4-12(10)8-16-13(17)9-15-7-11-2-3-11;/h4-6,11,15H,2-3,7-9H2,1H3,(H,16,17);1H. The Morgan fingerprint density at radius 2 is 2.28 bits per heavy atom. The van der Waals surface area contributed by atoms with E-state index in [1.165, 1.54) is 12.8 Å². The second-order valence-corrected chi connectivity index (χ2v) is 4.65. The molecule has 0 spiro atoms. The highest BCUT2D eigenvalue weighted by atomic mass is 35.5. The van der Waals surface area contributed by atoms with E-state index < -0.39 is 0 Å². The first-order valence-electron chi connectivity index (χ1n) is 6.12. The van der Waals surface area contributed by atoms with Gasteiger partial charge in [-0.2, -0.15) is 0 Å². The van der Waals surface area contributed by atoms with E-state index in [2.05, 4.69) is 15.6 Å².